The zero-order valence-corrected chi connectivity index (χ0v) is 22.8. The molecule has 1 saturated heterocycles. The summed E-state index contributed by atoms with van der Waals surface area (Å²) in [4.78, 5) is 48.0. The van der Waals surface area contributed by atoms with E-state index in [1.165, 1.54) is 43.5 Å². The third-order valence-electron chi connectivity index (χ3n) is 6.93. The van der Waals surface area contributed by atoms with E-state index in [1.807, 2.05) is 0 Å². The number of carbonyl (C=O) groups excluding carboxylic acids is 2. The zero-order chi connectivity index (χ0) is 30.5. The number of carbonyl (C=O) groups is 2. The van der Waals surface area contributed by atoms with Crippen LogP contribution in [0.5, 0.6) is 5.75 Å². The predicted octanol–water partition coefficient (Wildman–Crippen LogP) is 2.34. The molecule has 3 aromatic heterocycles. The lowest BCUT2D eigenvalue weighted by Gasteiger charge is -2.18. The van der Waals surface area contributed by atoms with Crippen LogP contribution in [0.15, 0.2) is 35.6 Å². The number of rotatable bonds is 7. The van der Waals surface area contributed by atoms with E-state index in [0.717, 1.165) is 10.6 Å². The van der Waals surface area contributed by atoms with Gasteiger partial charge in [0.05, 0.1) is 40.7 Å². The van der Waals surface area contributed by atoms with Gasteiger partial charge in [0, 0.05) is 44.1 Å². The quantitative estimate of drug-likeness (QED) is 0.290. The number of benzene rings is 1. The first-order valence-electron chi connectivity index (χ1n) is 12.3. The molecule has 2 atom stereocenters. The predicted molar refractivity (Wildman–Crippen MR) is 146 cm³/mol. The molecule has 4 heterocycles. The number of aromatic hydroxyl groups is 1. The van der Waals surface area contributed by atoms with E-state index in [1.54, 1.807) is 4.90 Å². The van der Waals surface area contributed by atoms with Crippen molar-refractivity contribution >= 4 is 46.0 Å². The second-order valence-corrected chi connectivity index (χ2v) is 10.0. The van der Waals surface area contributed by atoms with Crippen molar-refractivity contribution in [2.75, 3.05) is 30.4 Å². The summed E-state index contributed by atoms with van der Waals surface area (Å²) >= 11 is 6.24. The standard InChI is InChI=1S/C26H23ClF3N7O5/c1-35-10-33-25-20(26(35)41)13(11-3-12(24(31)40)23(39)22(30)21(11)29)6-37(25)9-19(38)34-16-4-18(32-5-14(16)27)36-7-15(28)17(8-36)42-2/h3-6,10,15,17,39H,7-9H2,1-2H3,(H2,31,40)(H,32,34,38)/t15-,17+/m0/s1. The molecule has 42 heavy (non-hydrogen) atoms. The van der Waals surface area contributed by atoms with Crippen molar-refractivity contribution in [2.45, 2.75) is 18.8 Å². The maximum Gasteiger partial charge on any atom is 0.263 e. The van der Waals surface area contributed by atoms with Crippen LogP contribution >= 0.6 is 11.6 Å². The molecule has 12 nitrogen and oxygen atoms in total. The monoisotopic (exact) mass is 605 g/mol. The van der Waals surface area contributed by atoms with E-state index in [9.17, 15) is 28.3 Å². The number of nitrogens with one attached hydrogen (secondary N) is 1. The van der Waals surface area contributed by atoms with E-state index in [4.69, 9.17) is 22.1 Å². The number of hydrogen-bond acceptors (Lipinski definition) is 8. The summed E-state index contributed by atoms with van der Waals surface area (Å²) in [7, 11) is 2.79. The molecule has 0 bridgehead atoms. The lowest BCUT2D eigenvalue weighted by atomic mass is 10.0. The molecule has 0 spiro atoms. The topological polar surface area (TPSA) is 158 Å². The molecule has 2 amide bonds. The van der Waals surface area contributed by atoms with Gasteiger partial charge < -0.3 is 34.9 Å². The Morgan fingerprint density at radius 1 is 1.21 bits per heavy atom. The Hall–Kier alpha value is -4.63. The number of anilines is 2. The molecule has 0 saturated carbocycles. The minimum Gasteiger partial charge on any atom is -0.504 e. The highest BCUT2D eigenvalue weighted by molar-refractivity contribution is 6.33. The molecule has 1 aromatic carbocycles. The average Bonchev–Trinajstić information content (AvgIpc) is 3.50. The van der Waals surface area contributed by atoms with Crippen molar-refractivity contribution in [3.63, 3.8) is 0 Å². The van der Waals surface area contributed by atoms with Gasteiger partial charge in [-0.05, 0) is 6.07 Å². The number of aromatic nitrogens is 4. The van der Waals surface area contributed by atoms with Gasteiger partial charge in [0.1, 0.15) is 30.3 Å². The summed E-state index contributed by atoms with van der Waals surface area (Å²) in [6.45, 7) is -0.187. The molecular weight excluding hydrogens is 583 g/mol. The van der Waals surface area contributed by atoms with Crippen molar-refractivity contribution in [3.8, 4) is 16.9 Å². The molecule has 220 valence electrons. The summed E-state index contributed by atoms with van der Waals surface area (Å²) < 4.78 is 51.2. The summed E-state index contributed by atoms with van der Waals surface area (Å²) in [5.41, 5.74) is 3.21. The third kappa shape index (κ3) is 5.00. The molecule has 16 heteroatoms. The molecule has 1 aliphatic heterocycles. The fourth-order valence-electron chi connectivity index (χ4n) is 4.77. The maximum atomic E-state index is 15.0. The van der Waals surface area contributed by atoms with Crippen molar-refractivity contribution in [2.24, 2.45) is 12.8 Å². The lowest BCUT2D eigenvalue weighted by molar-refractivity contribution is -0.116. The number of primary amides is 1. The number of fused-ring (bicyclic) bond motifs is 1. The van der Waals surface area contributed by atoms with Crippen LogP contribution in [0.1, 0.15) is 10.4 Å². The number of nitrogens with zero attached hydrogens (tertiary/aromatic N) is 5. The van der Waals surface area contributed by atoms with Gasteiger partial charge in [-0.3, -0.25) is 14.4 Å². The van der Waals surface area contributed by atoms with Crippen LogP contribution in [0, 0.1) is 11.6 Å². The lowest BCUT2D eigenvalue weighted by Crippen LogP contribution is -2.24. The van der Waals surface area contributed by atoms with E-state index in [2.05, 4.69) is 15.3 Å². The largest absolute Gasteiger partial charge is 0.504 e. The van der Waals surface area contributed by atoms with Crippen molar-refractivity contribution in [1.29, 1.82) is 0 Å². The van der Waals surface area contributed by atoms with E-state index in [-0.39, 0.29) is 40.4 Å². The zero-order valence-electron chi connectivity index (χ0n) is 22.1. The number of hydrogen-bond donors (Lipinski definition) is 3. The van der Waals surface area contributed by atoms with Crippen LogP contribution in [-0.2, 0) is 23.1 Å². The van der Waals surface area contributed by atoms with E-state index >= 15 is 4.39 Å². The van der Waals surface area contributed by atoms with Crippen molar-refractivity contribution < 1.29 is 32.6 Å². The van der Waals surface area contributed by atoms with E-state index in [0.29, 0.717) is 5.82 Å². The van der Waals surface area contributed by atoms with Crippen LogP contribution in [0.3, 0.4) is 0 Å². The summed E-state index contributed by atoms with van der Waals surface area (Å²) in [5.74, 6) is -6.08. The average molecular weight is 606 g/mol. The third-order valence-corrected chi connectivity index (χ3v) is 7.23. The molecule has 1 fully saturated rings. The van der Waals surface area contributed by atoms with Crippen molar-refractivity contribution in [3.05, 3.63) is 63.4 Å². The molecule has 0 aliphatic carbocycles. The van der Waals surface area contributed by atoms with Gasteiger partial charge in [-0.25, -0.2) is 18.7 Å². The Labute approximate surface area is 240 Å². The Morgan fingerprint density at radius 3 is 2.62 bits per heavy atom. The van der Waals surface area contributed by atoms with Crippen LogP contribution in [-0.4, -0.2) is 68.5 Å². The Bertz CT molecular complexity index is 1810. The number of methoxy groups -OCH3 is 1. The molecule has 4 aromatic rings. The number of aryl methyl sites for hydroxylation is 1. The van der Waals surface area contributed by atoms with Gasteiger partial charge in [0.2, 0.25) is 11.7 Å². The summed E-state index contributed by atoms with van der Waals surface area (Å²) in [6.07, 6.45) is 1.80. The first-order chi connectivity index (χ1) is 19.9. The number of ether oxygens (including phenoxy) is 1. The van der Waals surface area contributed by atoms with Gasteiger partial charge >= 0.3 is 0 Å². The minimum atomic E-state index is -1.74. The van der Waals surface area contributed by atoms with Gasteiger partial charge in [-0.15, -0.1) is 0 Å². The molecule has 5 rings (SSSR count). The van der Waals surface area contributed by atoms with Gasteiger partial charge in [0.15, 0.2) is 11.6 Å². The van der Waals surface area contributed by atoms with E-state index < -0.39 is 64.7 Å². The van der Waals surface area contributed by atoms with Gasteiger partial charge in [-0.2, -0.15) is 4.39 Å². The second-order valence-electron chi connectivity index (χ2n) is 9.61. The number of phenols is 1. The summed E-state index contributed by atoms with van der Waals surface area (Å²) in [6, 6.07) is 2.28. The maximum absolute atomic E-state index is 15.0. The SMILES string of the molecule is CO[C@@H]1CN(c2cc(NC(=O)Cn3cc(-c4cc(C(N)=O)c(O)c(F)c4F)c4c(=O)n(C)cnc43)c(Cl)cn2)C[C@@H]1F. The highest BCUT2D eigenvalue weighted by Crippen LogP contribution is 2.36. The number of amides is 2. The Kier molecular flexibility index (Phi) is 7.55. The van der Waals surface area contributed by atoms with Gasteiger partial charge in [0.25, 0.3) is 11.5 Å². The second kappa shape index (κ2) is 11.0. The van der Waals surface area contributed by atoms with Crippen LogP contribution in [0.4, 0.5) is 24.7 Å². The molecule has 0 unspecified atom stereocenters. The number of halogens is 4. The van der Waals surface area contributed by atoms with Crippen LogP contribution < -0.4 is 21.5 Å². The number of nitrogens with two attached hydrogens (primary N) is 1. The minimum absolute atomic E-state index is 0.0329. The summed E-state index contributed by atoms with van der Waals surface area (Å²) in [5, 5.41) is 12.4. The first-order valence-corrected chi connectivity index (χ1v) is 12.7. The number of pyridine rings is 1. The number of alkyl halides is 1. The normalized spacial score (nSPS) is 16.8. The molecule has 1 aliphatic rings. The molecular formula is C26H23ClF3N7O5. The highest BCUT2D eigenvalue weighted by Gasteiger charge is 2.34. The smallest absolute Gasteiger partial charge is 0.263 e. The molecule has 4 N–H and O–H groups in total. The van der Waals surface area contributed by atoms with Crippen LogP contribution in [0.2, 0.25) is 5.02 Å². The van der Waals surface area contributed by atoms with Crippen LogP contribution in [0.25, 0.3) is 22.2 Å². The first kappa shape index (κ1) is 28.9. The fraction of sp³-hybridized carbons (Fsp3) is 0.269. The fourth-order valence-corrected chi connectivity index (χ4v) is 4.93. The Balaban J connectivity index is 1.51. The van der Waals surface area contributed by atoms with Crippen molar-refractivity contribution in [1.82, 2.24) is 19.1 Å². The van der Waals surface area contributed by atoms with Gasteiger partial charge in [-0.1, -0.05) is 11.6 Å². The highest BCUT2D eigenvalue weighted by atomic mass is 35.5. The molecule has 0 radical (unpaired) electrons. The Morgan fingerprint density at radius 2 is 1.95 bits per heavy atom.